The molecular weight excluding hydrogens is 384 g/mol. The Morgan fingerprint density at radius 2 is 1.84 bits per heavy atom. The fourth-order valence-corrected chi connectivity index (χ4v) is 2.43. The summed E-state index contributed by atoms with van der Waals surface area (Å²) in [6, 6.07) is 14.6. The lowest BCUT2D eigenvalue weighted by molar-refractivity contribution is -0.121. The zero-order valence-corrected chi connectivity index (χ0v) is 15.4. The van der Waals surface area contributed by atoms with Crippen LogP contribution in [-0.2, 0) is 9.59 Å². The number of hydrogen-bond donors (Lipinski definition) is 2. The first-order valence-electron chi connectivity index (χ1n) is 7.81. The first-order chi connectivity index (χ1) is 12.1. The molecule has 0 heterocycles. The van der Waals surface area contributed by atoms with E-state index in [2.05, 4.69) is 26.6 Å². The van der Waals surface area contributed by atoms with Crippen LogP contribution >= 0.6 is 15.9 Å². The Morgan fingerprint density at radius 3 is 2.52 bits per heavy atom. The number of carbonyl (C=O) groups is 2. The van der Waals surface area contributed by atoms with E-state index in [0.29, 0.717) is 12.3 Å². The molecule has 0 aliphatic heterocycles. The monoisotopic (exact) mass is 402 g/mol. The third-order valence-electron chi connectivity index (χ3n) is 3.19. The van der Waals surface area contributed by atoms with Crippen LogP contribution in [0.2, 0.25) is 0 Å². The van der Waals surface area contributed by atoms with E-state index >= 15 is 0 Å². The summed E-state index contributed by atoms with van der Waals surface area (Å²) in [5.74, 6) is 0.107. The van der Waals surface area contributed by atoms with Crippen LogP contribution in [0.15, 0.2) is 59.1 Å². The molecule has 0 spiro atoms. The first-order valence-corrected chi connectivity index (χ1v) is 8.61. The van der Waals surface area contributed by atoms with Gasteiger partial charge in [0.15, 0.2) is 0 Å². The van der Waals surface area contributed by atoms with Crippen molar-refractivity contribution in [2.24, 2.45) is 0 Å². The van der Waals surface area contributed by atoms with Crippen LogP contribution in [0.3, 0.4) is 0 Å². The SMILES string of the molecule is CCOc1ccc(NC(=O)CNC(=O)/C=C/c2ccccc2Br)cc1. The Kier molecular flexibility index (Phi) is 7.22. The highest BCUT2D eigenvalue weighted by atomic mass is 79.9. The van der Waals surface area contributed by atoms with E-state index in [1.807, 2.05) is 31.2 Å². The van der Waals surface area contributed by atoms with Crippen molar-refractivity contribution in [3.8, 4) is 5.75 Å². The molecule has 2 aromatic rings. The van der Waals surface area contributed by atoms with Gasteiger partial charge in [0.25, 0.3) is 0 Å². The van der Waals surface area contributed by atoms with Crippen molar-refractivity contribution in [2.75, 3.05) is 18.5 Å². The fourth-order valence-electron chi connectivity index (χ4n) is 2.01. The van der Waals surface area contributed by atoms with Crippen LogP contribution in [0, 0.1) is 0 Å². The molecule has 0 saturated heterocycles. The molecular formula is C19H19BrN2O3. The Hall–Kier alpha value is -2.60. The van der Waals surface area contributed by atoms with Gasteiger partial charge in [-0.1, -0.05) is 34.1 Å². The van der Waals surface area contributed by atoms with Crippen LogP contribution in [0.1, 0.15) is 12.5 Å². The molecule has 0 aliphatic carbocycles. The molecule has 0 aromatic heterocycles. The predicted molar refractivity (Wildman–Crippen MR) is 102 cm³/mol. The van der Waals surface area contributed by atoms with E-state index in [0.717, 1.165) is 15.8 Å². The van der Waals surface area contributed by atoms with Crippen molar-refractivity contribution >= 4 is 39.5 Å². The fraction of sp³-hybridized carbons (Fsp3) is 0.158. The van der Waals surface area contributed by atoms with Crippen molar-refractivity contribution < 1.29 is 14.3 Å². The standard InChI is InChI=1S/C19H19BrN2O3/c1-2-25-16-10-8-15(9-11-16)22-19(24)13-21-18(23)12-7-14-5-3-4-6-17(14)20/h3-12H,2,13H2,1H3,(H,21,23)(H,22,24)/b12-7+. The number of nitrogens with one attached hydrogen (secondary N) is 2. The lowest BCUT2D eigenvalue weighted by Crippen LogP contribution is -2.31. The van der Waals surface area contributed by atoms with Gasteiger partial charge in [-0.25, -0.2) is 0 Å². The molecule has 0 atom stereocenters. The first kappa shape index (κ1) is 18.7. The summed E-state index contributed by atoms with van der Waals surface area (Å²) >= 11 is 3.40. The minimum Gasteiger partial charge on any atom is -0.494 e. The summed E-state index contributed by atoms with van der Waals surface area (Å²) in [4.78, 5) is 23.7. The van der Waals surface area contributed by atoms with E-state index in [9.17, 15) is 9.59 Å². The highest BCUT2D eigenvalue weighted by Gasteiger charge is 2.04. The molecule has 2 N–H and O–H groups in total. The highest BCUT2D eigenvalue weighted by Crippen LogP contribution is 2.17. The maximum atomic E-state index is 11.9. The van der Waals surface area contributed by atoms with Crippen molar-refractivity contribution in [1.29, 1.82) is 0 Å². The number of benzene rings is 2. The topological polar surface area (TPSA) is 67.4 Å². The molecule has 2 rings (SSSR count). The van der Waals surface area contributed by atoms with Gasteiger partial charge < -0.3 is 15.4 Å². The van der Waals surface area contributed by atoms with Gasteiger partial charge in [-0.3, -0.25) is 9.59 Å². The summed E-state index contributed by atoms with van der Waals surface area (Å²) in [6.07, 6.45) is 3.08. The maximum Gasteiger partial charge on any atom is 0.244 e. The molecule has 0 bridgehead atoms. The predicted octanol–water partition coefficient (Wildman–Crippen LogP) is 3.62. The van der Waals surface area contributed by atoms with Gasteiger partial charge in [0.1, 0.15) is 5.75 Å². The summed E-state index contributed by atoms with van der Waals surface area (Å²) in [5, 5.41) is 5.26. The van der Waals surface area contributed by atoms with Gasteiger partial charge in [0.05, 0.1) is 13.2 Å². The number of anilines is 1. The molecule has 6 heteroatoms. The molecule has 0 aliphatic rings. The number of carbonyl (C=O) groups excluding carboxylic acids is 2. The van der Waals surface area contributed by atoms with Gasteiger partial charge in [-0.15, -0.1) is 0 Å². The Labute approximate surface area is 155 Å². The van der Waals surface area contributed by atoms with Crippen molar-refractivity contribution in [1.82, 2.24) is 5.32 Å². The zero-order chi connectivity index (χ0) is 18.1. The molecule has 5 nitrogen and oxygen atoms in total. The van der Waals surface area contributed by atoms with Crippen LogP contribution < -0.4 is 15.4 Å². The third-order valence-corrected chi connectivity index (χ3v) is 3.91. The average molecular weight is 403 g/mol. The lowest BCUT2D eigenvalue weighted by atomic mass is 10.2. The maximum absolute atomic E-state index is 11.9. The number of rotatable bonds is 7. The van der Waals surface area contributed by atoms with Crippen molar-refractivity contribution in [3.63, 3.8) is 0 Å². The van der Waals surface area contributed by atoms with Gasteiger partial charge in [-0.2, -0.15) is 0 Å². The highest BCUT2D eigenvalue weighted by molar-refractivity contribution is 9.10. The smallest absolute Gasteiger partial charge is 0.244 e. The molecule has 0 unspecified atom stereocenters. The molecule has 2 aromatic carbocycles. The largest absolute Gasteiger partial charge is 0.494 e. The van der Waals surface area contributed by atoms with E-state index in [4.69, 9.17) is 4.74 Å². The van der Waals surface area contributed by atoms with E-state index in [1.54, 1.807) is 30.3 Å². The van der Waals surface area contributed by atoms with E-state index < -0.39 is 0 Å². The Morgan fingerprint density at radius 1 is 1.12 bits per heavy atom. The zero-order valence-electron chi connectivity index (χ0n) is 13.8. The van der Waals surface area contributed by atoms with E-state index in [-0.39, 0.29) is 18.4 Å². The molecule has 0 fully saturated rings. The molecule has 0 saturated carbocycles. The van der Waals surface area contributed by atoms with Gasteiger partial charge in [0.2, 0.25) is 11.8 Å². The van der Waals surface area contributed by atoms with Crippen LogP contribution in [-0.4, -0.2) is 25.0 Å². The third kappa shape index (κ3) is 6.43. The Bertz CT molecular complexity index is 758. The minimum atomic E-state index is -0.336. The second-order valence-electron chi connectivity index (χ2n) is 5.08. The normalized spacial score (nSPS) is 10.5. The number of ether oxygens (including phenoxy) is 1. The van der Waals surface area contributed by atoms with Crippen molar-refractivity contribution in [3.05, 3.63) is 64.6 Å². The van der Waals surface area contributed by atoms with Crippen LogP contribution in [0.25, 0.3) is 6.08 Å². The van der Waals surface area contributed by atoms with Crippen molar-refractivity contribution in [2.45, 2.75) is 6.92 Å². The summed E-state index contributed by atoms with van der Waals surface area (Å²) in [7, 11) is 0. The van der Waals surface area contributed by atoms with Crippen LogP contribution in [0.5, 0.6) is 5.75 Å². The second-order valence-corrected chi connectivity index (χ2v) is 5.93. The molecule has 25 heavy (non-hydrogen) atoms. The summed E-state index contributed by atoms with van der Waals surface area (Å²) in [6.45, 7) is 2.39. The molecule has 130 valence electrons. The summed E-state index contributed by atoms with van der Waals surface area (Å²) in [5.41, 5.74) is 1.53. The Balaban J connectivity index is 1.79. The molecule has 0 radical (unpaired) electrons. The number of amides is 2. The summed E-state index contributed by atoms with van der Waals surface area (Å²) < 4.78 is 6.23. The van der Waals surface area contributed by atoms with Gasteiger partial charge >= 0.3 is 0 Å². The minimum absolute atomic E-state index is 0.105. The van der Waals surface area contributed by atoms with Gasteiger partial charge in [-0.05, 0) is 48.9 Å². The van der Waals surface area contributed by atoms with Gasteiger partial charge in [0, 0.05) is 16.2 Å². The quantitative estimate of drug-likeness (QED) is 0.694. The van der Waals surface area contributed by atoms with E-state index in [1.165, 1.54) is 6.08 Å². The molecule has 2 amide bonds. The number of hydrogen-bond acceptors (Lipinski definition) is 3. The second kappa shape index (κ2) is 9.64. The number of halogens is 1. The van der Waals surface area contributed by atoms with Crippen LogP contribution in [0.4, 0.5) is 5.69 Å². The lowest BCUT2D eigenvalue weighted by Gasteiger charge is -2.07. The average Bonchev–Trinajstić information content (AvgIpc) is 2.61.